The van der Waals surface area contributed by atoms with Gasteiger partial charge in [0.2, 0.25) is 0 Å². The van der Waals surface area contributed by atoms with Crippen molar-refractivity contribution >= 4 is 11.6 Å². The second-order valence-electron chi connectivity index (χ2n) is 5.72. The van der Waals surface area contributed by atoms with Crippen LogP contribution >= 0.6 is 11.6 Å². The summed E-state index contributed by atoms with van der Waals surface area (Å²) >= 11 is 6.29. The normalized spacial score (nSPS) is 11.9. The molecule has 0 atom stereocenters. The maximum absolute atomic E-state index is 6.29. The summed E-state index contributed by atoms with van der Waals surface area (Å²) in [6.45, 7) is 9.87. The largest absolute Gasteiger partial charge is 0.319 e. The van der Waals surface area contributed by atoms with Gasteiger partial charge >= 0.3 is 0 Å². The van der Waals surface area contributed by atoms with Crippen molar-refractivity contribution in [2.45, 2.75) is 40.5 Å². The van der Waals surface area contributed by atoms with E-state index in [2.05, 4.69) is 45.1 Å². The SMILES string of the molecule is CNCC(C)(C)CCc1cc(C)c(C)cc1Cl. The van der Waals surface area contributed by atoms with E-state index in [1.165, 1.54) is 16.7 Å². The Labute approximate surface area is 111 Å². The minimum atomic E-state index is 0.316. The highest BCUT2D eigenvalue weighted by molar-refractivity contribution is 6.31. The number of halogens is 1. The van der Waals surface area contributed by atoms with Crippen LogP contribution in [-0.4, -0.2) is 13.6 Å². The molecular formula is C15H24ClN. The van der Waals surface area contributed by atoms with Gasteiger partial charge in [-0.1, -0.05) is 31.5 Å². The van der Waals surface area contributed by atoms with Crippen LogP contribution in [0.25, 0.3) is 0 Å². The molecule has 2 heteroatoms. The molecule has 0 aliphatic carbocycles. The zero-order valence-corrected chi connectivity index (χ0v) is 12.4. The highest BCUT2D eigenvalue weighted by Gasteiger charge is 2.17. The number of hydrogen-bond acceptors (Lipinski definition) is 1. The molecule has 0 fully saturated rings. The molecular weight excluding hydrogens is 230 g/mol. The van der Waals surface area contributed by atoms with E-state index in [0.29, 0.717) is 5.41 Å². The average Bonchev–Trinajstić information content (AvgIpc) is 2.21. The lowest BCUT2D eigenvalue weighted by Gasteiger charge is -2.24. The molecule has 0 aliphatic rings. The molecule has 0 saturated heterocycles. The quantitative estimate of drug-likeness (QED) is 0.832. The first-order chi connectivity index (χ1) is 7.85. The Kier molecular flexibility index (Phi) is 5.03. The van der Waals surface area contributed by atoms with Crippen molar-refractivity contribution in [1.29, 1.82) is 0 Å². The van der Waals surface area contributed by atoms with Crippen molar-refractivity contribution in [3.05, 3.63) is 33.8 Å². The van der Waals surface area contributed by atoms with Crippen LogP contribution < -0.4 is 5.32 Å². The second-order valence-corrected chi connectivity index (χ2v) is 6.13. The third-order valence-corrected chi connectivity index (χ3v) is 3.74. The van der Waals surface area contributed by atoms with Gasteiger partial charge in [0.15, 0.2) is 0 Å². The lowest BCUT2D eigenvalue weighted by Crippen LogP contribution is -2.27. The van der Waals surface area contributed by atoms with Crippen molar-refractivity contribution < 1.29 is 0 Å². The van der Waals surface area contributed by atoms with Gasteiger partial charge in [-0.25, -0.2) is 0 Å². The molecule has 0 heterocycles. The highest BCUT2D eigenvalue weighted by Crippen LogP contribution is 2.27. The lowest BCUT2D eigenvalue weighted by molar-refractivity contribution is 0.324. The Hall–Kier alpha value is -0.530. The van der Waals surface area contributed by atoms with Gasteiger partial charge < -0.3 is 5.32 Å². The van der Waals surface area contributed by atoms with Gasteiger partial charge in [0, 0.05) is 5.02 Å². The predicted molar refractivity (Wildman–Crippen MR) is 77.0 cm³/mol. The van der Waals surface area contributed by atoms with Gasteiger partial charge in [0.05, 0.1) is 0 Å². The van der Waals surface area contributed by atoms with Crippen LogP contribution in [0.4, 0.5) is 0 Å². The maximum atomic E-state index is 6.29. The molecule has 0 radical (unpaired) electrons. The van der Waals surface area contributed by atoms with Gasteiger partial charge in [0.1, 0.15) is 0 Å². The fraction of sp³-hybridized carbons (Fsp3) is 0.600. The smallest absolute Gasteiger partial charge is 0.0440 e. The first kappa shape index (κ1) is 14.5. The van der Waals surface area contributed by atoms with Gasteiger partial charge in [0.25, 0.3) is 0 Å². The number of aryl methyl sites for hydroxylation is 3. The van der Waals surface area contributed by atoms with Gasteiger partial charge in [-0.05, 0) is 68.5 Å². The summed E-state index contributed by atoms with van der Waals surface area (Å²) in [6.07, 6.45) is 2.20. The number of hydrogen-bond donors (Lipinski definition) is 1. The van der Waals surface area contributed by atoms with E-state index in [0.717, 1.165) is 24.4 Å². The first-order valence-electron chi connectivity index (χ1n) is 6.26. The topological polar surface area (TPSA) is 12.0 Å². The third-order valence-electron chi connectivity index (χ3n) is 3.39. The molecule has 0 spiro atoms. The highest BCUT2D eigenvalue weighted by atomic mass is 35.5. The second kappa shape index (κ2) is 5.88. The van der Waals surface area contributed by atoms with E-state index in [4.69, 9.17) is 11.6 Å². The molecule has 1 nitrogen and oxygen atoms in total. The first-order valence-corrected chi connectivity index (χ1v) is 6.64. The maximum Gasteiger partial charge on any atom is 0.0440 e. The van der Waals surface area contributed by atoms with E-state index < -0.39 is 0 Å². The van der Waals surface area contributed by atoms with Gasteiger partial charge in [-0.15, -0.1) is 0 Å². The average molecular weight is 254 g/mol. The van der Waals surface area contributed by atoms with Crippen molar-refractivity contribution in [2.24, 2.45) is 5.41 Å². The zero-order chi connectivity index (χ0) is 13.1. The van der Waals surface area contributed by atoms with Crippen LogP contribution in [-0.2, 0) is 6.42 Å². The van der Waals surface area contributed by atoms with E-state index in [1.807, 2.05) is 7.05 Å². The monoisotopic (exact) mass is 253 g/mol. The van der Waals surface area contributed by atoms with Crippen molar-refractivity contribution in [3.63, 3.8) is 0 Å². The van der Waals surface area contributed by atoms with Crippen molar-refractivity contribution in [3.8, 4) is 0 Å². The molecule has 17 heavy (non-hydrogen) atoms. The summed E-state index contributed by atoms with van der Waals surface area (Å²) in [5.41, 5.74) is 4.19. The molecule has 0 aliphatic heterocycles. The van der Waals surface area contributed by atoms with Crippen LogP contribution in [0.15, 0.2) is 12.1 Å². The minimum Gasteiger partial charge on any atom is -0.319 e. The molecule has 96 valence electrons. The molecule has 0 bridgehead atoms. The summed E-state index contributed by atoms with van der Waals surface area (Å²) in [6, 6.07) is 4.31. The summed E-state index contributed by atoms with van der Waals surface area (Å²) in [5.74, 6) is 0. The molecule has 1 rings (SSSR count). The van der Waals surface area contributed by atoms with Crippen LogP contribution in [0.1, 0.15) is 37.0 Å². The van der Waals surface area contributed by atoms with Crippen LogP contribution in [0.2, 0.25) is 5.02 Å². The molecule has 0 saturated carbocycles. The van der Waals surface area contributed by atoms with Crippen LogP contribution in [0.3, 0.4) is 0 Å². The molecule has 0 amide bonds. The van der Waals surface area contributed by atoms with E-state index in [9.17, 15) is 0 Å². The molecule has 1 aromatic rings. The summed E-state index contributed by atoms with van der Waals surface area (Å²) < 4.78 is 0. The molecule has 0 aromatic heterocycles. The summed E-state index contributed by atoms with van der Waals surface area (Å²) in [5, 5.41) is 4.16. The van der Waals surface area contributed by atoms with Crippen molar-refractivity contribution in [1.82, 2.24) is 5.32 Å². The Morgan fingerprint density at radius 3 is 2.35 bits per heavy atom. The van der Waals surface area contributed by atoms with E-state index >= 15 is 0 Å². The molecule has 0 unspecified atom stereocenters. The summed E-state index contributed by atoms with van der Waals surface area (Å²) in [7, 11) is 2.00. The summed E-state index contributed by atoms with van der Waals surface area (Å²) in [4.78, 5) is 0. The zero-order valence-electron chi connectivity index (χ0n) is 11.7. The van der Waals surface area contributed by atoms with E-state index in [1.54, 1.807) is 0 Å². The predicted octanol–water partition coefficient (Wildman–Crippen LogP) is 4.14. The number of benzene rings is 1. The number of nitrogens with one attached hydrogen (secondary N) is 1. The Balaban J connectivity index is 2.73. The standard InChI is InChI=1S/C15H24ClN/c1-11-8-13(14(16)9-12(11)2)6-7-15(3,4)10-17-5/h8-9,17H,6-7,10H2,1-5H3. The fourth-order valence-electron chi connectivity index (χ4n) is 2.07. The fourth-order valence-corrected chi connectivity index (χ4v) is 2.39. The lowest BCUT2D eigenvalue weighted by atomic mass is 9.86. The minimum absolute atomic E-state index is 0.316. The third kappa shape index (κ3) is 4.33. The Bertz CT molecular complexity index is 383. The van der Waals surface area contributed by atoms with E-state index in [-0.39, 0.29) is 0 Å². The Morgan fingerprint density at radius 2 is 1.76 bits per heavy atom. The van der Waals surface area contributed by atoms with Crippen LogP contribution in [0, 0.1) is 19.3 Å². The van der Waals surface area contributed by atoms with Gasteiger partial charge in [-0.3, -0.25) is 0 Å². The number of rotatable bonds is 5. The Morgan fingerprint density at radius 1 is 1.18 bits per heavy atom. The van der Waals surface area contributed by atoms with Gasteiger partial charge in [-0.2, -0.15) is 0 Å². The van der Waals surface area contributed by atoms with Crippen molar-refractivity contribution in [2.75, 3.05) is 13.6 Å². The molecule has 1 N–H and O–H groups in total. The van der Waals surface area contributed by atoms with Crippen LogP contribution in [0.5, 0.6) is 0 Å². The molecule has 1 aromatic carbocycles.